The fourth-order valence-electron chi connectivity index (χ4n) is 1.74. The zero-order valence-corrected chi connectivity index (χ0v) is 12.5. The predicted molar refractivity (Wildman–Crippen MR) is 70.2 cm³/mol. The minimum Gasteiger partial charge on any atom is -0.412 e. The molecule has 0 N–H and O–H groups in total. The van der Waals surface area contributed by atoms with Gasteiger partial charge in [-0.25, -0.2) is 0 Å². The SMILES string of the molecule is CC(C)(C)[Si](C)(C)OC1CCCCC1Cl. The van der Waals surface area contributed by atoms with E-state index in [-0.39, 0.29) is 5.38 Å². The van der Waals surface area contributed by atoms with E-state index in [0.29, 0.717) is 11.1 Å². The summed E-state index contributed by atoms with van der Waals surface area (Å²) in [5.41, 5.74) is 0. The van der Waals surface area contributed by atoms with E-state index in [1.54, 1.807) is 0 Å². The van der Waals surface area contributed by atoms with Crippen LogP contribution in [-0.4, -0.2) is 19.8 Å². The van der Waals surface area contributed by atoms with E-state index in [1.165, 1.54) is 12.8 Å². The molecule has 1 rings (SSSR count). The zero-order chi connectivity index (χ0) is 11.7. The van der Waals surface area contributed by atoms with Gasteiger partial charge in [-0.15, -0.1) is 11.6 Å². The maximum atomic E-state index is 6.36. The van der Waals surface area contributed by atoms with E-state index in [4.69, 9.17) is 16.0 Å². The molecule has 2 unspecified atom stereocenters. The summed E-state index contributed by atoms with van der Waals surface area (Å²) < 4.78 is 6.36. The Labute approximate surface area is 101 Å². The van der Waals surface area contributed by atoms with Crippen molar-refractivity contribution in [3.8, 4) is 0 Å². The lowest BCUT2D eigenvalue weighted by Crippen LogP contribution is -2.46. The fourth-order valence-corrected chi connectivity index (χ4v) is 3.55. The Hall–Kier alpha value is 0.467. The van der Waals surface area contributed by atoms with Crippen LogP contribution in [0.4, 0.5) is 0 Å². The van der Waals surface area contributed by atoms with Gasteiger partial charge in [0.15, 0.2) is 8.32 Å². The summed E-state index contributed by atoms with van der Waals surface area (Å²) in [6, 6.07) is 0. The second-order valence-electron chi connectivity index (χ2n) is 6.22. The molecule has 0 bridgehead atoms. The summed E-state index contributed by atoms with van der Waals surface area (Å²) in [7, 11) is -1.62. The molecule has 3 heteroatoms. The van der Waals surface area contributed by atoms with Crippen molar-refractivity contribution in [2.24, 2.45) is 0 Å². The lowest BCUT2D eigenvalue weighted by molar-refractivity contribution is 0.142. The first-order chi connectivity index (χ1) is 6.74. The van der Waals surface area contributed by atoms with Crippen LogP contribution in [0, 0.1) is 0 Å². The van der Waals surface area contributed by atoms with Crippen molar-refractivity contribution in [1.29, 1.82) is 0 Å². The molecule has 15 heavy (non-hydrogen) atoms. The van der Waals surface area contributed by atoms with Crippen molar-refractivity contribution in [2.45, 2.75) is 76.1 Å². The molecule has 0 amide bonds. The van der Waals surface area contributed by atoms with Gasteiger partial charge in [0.2, 0.25) is 0 Å². The van der Waals surface area contributed by atoms with Gasteiger partial charge in [0.25, 0.3) is 0 Å². The van der Waals surface area contributed by atoms with Crippen molar-refractivity contribution < 1.29 is 4.43 Å². The Balaban J connectivity index is 2.59. The topological polar surface area (TPSA) is 9.23 Å². The Bertz CT molecular complexity index is 210. The molecule has 1 aliphatic carbocycles. The molecule has 0 aromatic heterocycles. The Morgan fingerprint density at radius 3 is 2.13 bits per heavy atom. The molecular formula is C12H25ClOSi. The zero-order valence-electron chi connectivity index (χ0n) is 10.8. The number of hydrogen-bond donors (Lipinski definition) is 0. The normalized spacial score (nSPS) is 29.2. The highest BCUT2D eigenvalue weighted by atomic mass is 35.5. The Morgan fingerprint density at radius 1 is 1.13 bits per heavy atom. The monoisotopic (exact) mass is 248 g/mol. The molecule has 1 saturated carbocycles. The summed E-state index contributed by atoms with van der Waals surface area (Å²) in [5, 5.41) is 0.536. The van der Waals surface area contributed by atoms with Crippen molar-refractivity contribution in [1.82, 2.24) is 0 Å². The first kappa shape index (κ1) is 13.5. The summed E-state index contributed by atoms with van der Waals surface area (Å²) in [5.74, 6) is 0. The second-order valence-corrected chi connectivity index (χ2v) is 11.5. The highest BCUT2D eigenvalue weighted by Gasteiger charge is 2.40. The lowest BCUT2D eigenvalue weighted by Gasteiger charge is -2.41. The third-order valence-electron chi connectivity index (χ3n) is 3.87. The molecular weight excluding hydrogens is 224 g/mol. The van der Waals surface area contributed by atoms with Crippen LogP contribution in [0.15, 0.2) is 0 Å². The van der Waals surface area contributed by atoms with E-state index < -0.39 is 8.32 Å². The summed E-state index contributed by atoms with van der Waals surface area (Å²) in [6.45, 7) is 11.5. The Morgan fingerprint density at radius 2 is 1.67 bits per heavy atom. The summed E-state index contributed by atoms with van der Waals surface area (Å²) in [4.78, 5) is 0. The molecule has 1 nitrogen and oxygen atoms in total. The van der Waals surface area contributed by atoms with Crippen LogP contribution in [0.2, 0.25) is 18.1 Å². The third-order valence-corrected chi connectivity index (χ3v) is 8.88. The molecule has 0 heterocycles. The minimum absolute atomic E-state index is 0.243. The van der Waals surface area contributed by atoms with Crippen LogP contribution in [-0.2, 0) is 4.43 Å². The fraction of sp³-hybridized carbons (Fsp3) is 1.00. The highest BCUT2D eigenvalue weighted by Crippen LogP contribution is 2.39. The minimum atomic E-state index is -1.62. The molecule has 0 aromatic rings. The molecule has 0 spiro atoms. The summed E-state index contributed by atoms with van der Waals surface area (Å²) in [6.07, 6.45) is 5.14. The smallest absolute Gasteiger partial charge is 0.192 e. The quantitative estimate of drug-likeness (QED) is 0.514. The van der Waals surface area contributed by atoms with Crippen LogP contribution in [0.25, 0.3) is 0 Å². The average Bonchev–Trinajstić information content (AvgIpc) is 2.06. The molecule has 0 aromatic carbocycles. The largest absolute Gasteiger partial charge is 0.412 e. The van der Waals surface area contributed by atoms with Gasteiger partial charge in [0.1, 0.15) is 0 Å². The van der Waals surface area contributed by atoms with Crippen molar-refractivity contribution in [3.05, 3.63) is 0 Å². The number of alkyl halides is 1. The van der Waals surface area contributed by atoms with E-state index in [1.807, 2.05) is 0 Å². The van der Waals surface area contributed by atoms with Gasteiger partial charge < -0.3 is 4.43 Å². The van der Waals surface area contributed by atoms with Gasteiger partial charge in [-0.3, -0.25) is 0 Å². The Kier molecular flexibility index (Phi) is 4.30. The van der Waals surface area contributed by atoms with E-state index >= 15 is 0 Å². The summed E-state index contributed by atoms with van der Waals surface area (Å²) >= 11 is 6.34. The predicted octanol–water partition coefficient (Wildman–Crippen LogP) is 4.56. The average molecular weight is 249 g/mol. The van der Waals surface area contributed by atoms with Gasteiger partial charge >= 0.3 is 0 Å². The number of halogens is 1. The molecule has 90 valence electrons. The van der Waals surface area contributed by atoms with Crippen LogP contribution in [0.1, 0.15) is 46.5 Å². The lowest BCUT2D eigenvalue weighted by atomic mass is 9.97. The third kappa shape index (κ3) is 3.47. The van der Waals surface area contributed by atoms with Gasteiger partial charge in [0.05, 0.1) is 11.5 Å². The van der Waals surface area contributed by atoms with Crippen molar-refractivity contribution >= 4 is 19.9 Å². The molecule has 1 fully saturated rings. The number of hydrogen-bond acceptors (Lipinski definition) is 1. The number of rotatable bonds is 2. The second kappa shape index (κ2) is 4.76. The molecule has 0 radical (unpaired) electrons. The molecule has 0 aliphatic heterocycles. The highest BCUT2D eigenvalue weighted by molar-refractivity contribution is 6.74. The van der Waals surface area contributed by atoms with E-state index in [2.05, 4.69) is 33.9 Å². The van der Waals surface area contributed by atoms with E-state index in [0.717, 1.165) is 12.8 Å². The van der Waals surface area contributed by atoms with Crippen LogP contribution >= 0.6 is 11.6 Å². The molecule has 0 saturated heterocycles. The first-order valence-electron chi connectivity index (χ1n) is 6.06. The maximum absolute atomic E-state index is 6.36. The standard InChI is InChI=1S/C12H25ClOSi/c1-12(2,3)15(4,5)14-11-9-7-6-8-10(11)13/h10-11H,6-9H2,1-5H3. The van der Waals surface area contributed by atoms with Gasteiger partial charge in [-0.05, 0) is 31.0 Å². The maximum Gasteiger partial charge on any atom is 0.192 e. The molecule has 2 atom stereocenters. The first-order valence-corrected chi connectivity index (χ1v) is 9.40. The van der Waals surface area contributed by atoms with Crippen LogP contribution in [0.3, 0.4) is 0 Å². The van der Waals surface area contributed by atoms with Gasteiger partial charge in [-0.2, -0.15) is 0 Å². The van der Waals surface area contributed by atoms with Crippen LogP contribution in [0.5, 0.6) is 0 Å². The van der Waals surface area contributed by atoms with Gasteiger partial charge in [-0.1, -0.05) is 33.6 Å². The van der Waals surface area contributed by atoms with Crippen molar-refractivity contribution in [2.75, 3.05) is 0 Å². The van der Waals surface area contributed by atoms with Crippen LogP contribution < -0.4 is 0 Å². The van der Waals surface area contributed by atoms with Crippen molar-refractivity contribution in [3.63, 3.8) is 0 Å². The van der Waals surface area contributed by atoms with Gasteiger partial charge in [0, 0.05) is 0 Å². The molecule has 1 aliphatic rings. The van der Waals surface area contributed by atoms with E-state index in [9.17, 15) is 0 Å².